The van der Waals surface area contributed by atoms with E-state index in [1.165, 1.54) is 18.4 Å². The van der Waals surface area contributed by atoms with Crippen LogP contribution in [0.15, 0.2) is 48.5 Å². The van der Waals surface area contributed by atoms with Crippen LogP contribution in [-0.4, -0.2) is 12.4 Å². The van der Waals surface area contributed by atoms with Crippen molar-refractivity contribution < 1.29 is 9.53 Å². The van der Waals surface area contributed by atoms with Gasteiger partial charge in [0.05, 0.1) is 0 Å². The number of ether oxygens (including phenoxy) is 1. The average molecular weight is 303 g/mol. The first-order valence-electron chi connectivity index (χ1n) is 7.19. The maximum Gasteiger partial charge on any atom is 0.200 e. The molecule has 0 saturated carbocycles. The molecule has 2 aromatic rings. The molecule has 2 rings (SSSR count). The highest BCUT2D eigenvalue weighted by Gasteiger charge is 2.07. The zero-order valence-corrected chi connectivity index (χ0v) is 12.9. The van der Waals surface area contributed by atoms with Gasteiger partial charge in [-0.3, -0.25) is 4.79 Å². The van der Waals surface area contributed by atoms with Gasteiger partial charge >= 0.3 is 0 Å². The molecule has 0 amide bonds. The predicted molar refractivity (Wildman–Crippen MR) is 86.3 cm³/mol. The number of aryl methyl sites for hydroxylation is 1. The summed E-state index contributed by atoms with van der Waals surface area (Å²) in [5.41, 5.74) is 1.87. The Kier molecular flexibility index (Phi) is 5.82. The van der Waals surface area contributed by atoms with Crippen molar-refractivity contribution >= 4 is 17.4 Å². The van der Waals surface area contributed by atoms with Crippen molar-refractivity contribution in [1.29, 1.82) is 0 Å². The molecule has 21 heavy (non-hydrogen) atoms. The average Bonchev–Trinajstić information content (AvgIpc) is 2.51. The van der Waals surface area contributed by atoms with Gasteiger partial charge in [-0.1, -0.05) is 49.2 Å². The van der Waals surface area contributed by atoms with Gasteiger partial charge in [-0.2, -0.15) is 0 Å². The Balaban J connectivity index is 1.89. The molecule has 0 unspecified atom stereocenters. The molecule has 0 aliphatic heterocycles. The lowest BCUT2D eigenvalue weighted by Crippen LogP contribution is -2.11. The minimum Gasteiger partial charge on any atom is -0.485 e. The number of carbonyl (C=O) groups is 1. The van der Waals surface area contributed by atoms with Crippen LogP contribution in [0.3, 0.4) is 0 Å². The molecule has 0 radical (unpaired) electrons. The lowest BCUT2D eigenvalue weighted by Gasteiger charge is -2.07. The molecule has 0 N–H and O–H groups in total. The van der Waals surface area contributed by atoms with Crippen LogP contribution < -0.4 is 4.74 Å². The molecule has 0 fully saturated rings. The Labute approximate surface area is 130 Å². The summed E-state index contributed by atoms with van der Waals surface area (Å²) in [6.07, 6.45) is 3.46. The maximum absolute atomic E-state index is 12.0. The highest BCUT2D eigenvalue weighted by Crippen LogP contribution is 2.15. The van der Waals surface area contributed by atoms with E-state index in [0.29, 0.717) is 16.3 Å². The van der Waals surface area contributed by atoms with E-state index in [2.05, 4.69) is 19.1 Å². The van der Waals surface area contributed by atoms with E-state index in [0.717, 1.165) is 6.42 Å². The van der Waals surface area contributed by atoms with Crippen molar-refractivity contribution in [2.45, 2.75) is 26.2 Å². The zero-order valence-electron chi connectivity index (χ0n) is 12.1. The Hall–Kier alpha value is -1.80. The van der Waals surface area contributed by atoms with Crippen LogP contribution in [0.25, 0.3) is 0 Å². The summed E-state index contributed by atoms with van der Waals surface area (Å²) in [5, 5.41) is 0.557. The summed E-state index contributed by atoms with van der Waals surface area (Å²) >= 11 is 5.87. The maximum atomic E-state index is 12.0. The fourth-order valence-corrected chi connectivity index (χ4v) is 2.22. The molecule has 0 heterocycles. The van der Waals surface area contributed by atoms with Crippen LogP contribution in [0.1, 0.15) is 35.7 Å². The predicted octanol–water partition coefficient (Wildman–Crippen LogP) is 4.94. The van der Waals surface area contributed by atoms with Gasteiger partial charge in [-0.25, -0.2) is 0 Å². The van der Waals surface area contributed by atoms with Gasteiger partial charge in [-0.15, -0.1) is 0 Å². The number of rotatable bonds is 7. The summed E-state index contributed by atoms with van der Waals surface area (Å²) in [7, 11) is 0. The smallest absolute Gasteiger partial charge is 0.200 e. The molecule has 0 spiro atoms. The largest absolute Gasteiger partial charge is 0.485 e. The lowest BCUT2D eigenvalue weighted by molar-refractivity contribution is 0.0921. The normalized spacial score (nSPS) is 10.4. The van der Waals surface area contributed by atoms with Gasteiger partial charge in [0.25, 0.3) is 0 Å². The zero-order chi connectivity index (χ0) is 15.1. The molecule has 0 aliphatic carbocycles. The summed E-state index contributed by atoms with van der Waals surface area (Å²) in [6, 6.07) is 14.8. The number of unbranched alkanes of at least 4 members (excludes halogenated alkanes) is 1. The third-order valence-corrected chi connectivity index (χ3v) is 3.49. The lowest BCUT2D eigenvalue weighted by atomic mass is 10.1. The summed E-state index contributed by atoms with van der Waals surface area (Å²) in [4.78, 5) is 12.0. The fraction of sp³-hybridized carbons (Fsp3) is 0.278. The number of hydrogen-bond acceptors (Lipinski definition) is 2. The number of hydrogen-bond donors (Lipinski definition) is 0. The molecule has 2 nitrogen and oxygen atoms in total. The van der Waals surface area contributed by atoms with Crippen LogP contribution >= 0.6 is 11.6 Å². The van der Waals surface area contributed by atoms with Crippen LogP contribution in [0.2, 0.25) is 5.02 Å². The van der Waals surface area contributed by atoms with E-state index in [-0.39, 0.29) is 12.4 Å². The van der Waals surface area contributed by atoms with Gasteiger partial charge in [0, 0.05) is 10.6 Å². The van der Waals surface area contributed by atoms with Crippen LogP contribution in [-0.2, 0) is 6.42 Å². The number of ketones is 1. The Bertz CT molecular complexity index is 590. The molecule has 110 valence electrons. The molecule has 0 aromatic heterocycles. The molecule has 3 heteroatoms. The number of carbonyl (C=O) groups excluding carboxylic acids is 1. The Morgan fingerprint density at radius 3 is 2.57 bits per heavy atom. The van der Waals surface area contributed by atoms with Crippen LogP contribution in [0.4, 0.5) is 0 Å². The standard InChI is InChI=1S/C18H19ClO2/c1-2-3-5-14-8-10-17(11-9-14)21-13-18(20)15-6-4-7-16(19)12-15/h4,6-12H,2-3,5,13H2,1H3. The Morgan fingerprint density at radius 1 is 1.14 bits per heavy atom. The number of halogens is 1. The first-order valence-corrected chi connectivity index (χ1v) is 7.57. The van der Waals surface area contributed by atoms with Crippen molar-refractivity contribution in [3.8, 4) is 5.75 Å². The minimum absolute atomic E-state index is 0.0225. The SMILES string of the molecule is CCCCc1ccc(OCC(=O)c2cccc(Cl)c2)cc1. The summed E-state index contributed by atoms with van der Waals surface area (Å²) in [5.74, 6) is 0.637. The van der Waals surface area contributed by atoms with E-state index >= 15 is 0 Å². The van der Waals surface area contributed by atoms with Gasteiger partial charge < -0.3 is 4.74 Å². The van der Waals surface area contributed by atoms with Gasteiger partial charge in [0.1, 0.15) is 5.75 Å². The molecule has 0 aliphatic rings. The van der Waals surface area contributed by atoms with Gasteiger partial charge in [0.15, 0.2) is 12.4 Å². The molecule has 0 saturated heterocycles. The third kappa shape index (κ3) is 4.91. The van der Waals surface area contributed by atoms with Crippen LogP contribution in [0, 0.1) is 0 Å². The third-order valence-electron chi connectivity index (χ3n) is 3.26. The molecular formula is C18H19ClO2. The highest BCUT2D eigenvalue weighted by molar-refractivity contribution is 6.31. The van der Waals surface area contributed by atoms with Crippen molar-refractivity contribution in [2.75, 3.05) is 6.61 Å². The fourth-order valence-electron chi connectivity index (χ4n) is 2.03. The second kappa shape index (κ2) is 7.84. The highest BCUT2D eigenvalue weighted by atomic mass is 35.5. The van der Waals surface area contributed by atoms with E-state index in [9.17, 15) is 4.79 Å². The van der Waals surface area contributed by atoms with Crippen molar-refractivity contribution in [3.63, 3.8) is 0 Å². The number of Topliss-reactive ketones (excluding diaryl/α,β-unsaturated/α-hetero) is 1. The first-order chi connectivity index (χ1) is 10.2. The monoisotopic (exact) mass is 302 g/mol. The molecule has 0 bridgehead atoms. The van der Waals surface area contributed by atoms with E-state index in [4.69, 9.17) is 16.3 Å². The molecule has 2 aromatic carbocycles. The Morgan fingerprint density at radius 2 is 1.90 bits per heavy atom. The quantitative estimate of drug-likeness (QED) is 0.677. The number of benzene rings is 2. The minimum atomic E-state index is -0.0763. The molecule has 0 atom stereocenters. The van der Waals surface area contributed by atoms with Crippen molar-refractivity contribution in [1.82, 2.24) is 0 Å². The summed E-state index contributed by atoms with van der Waals surface area (Å²) in [6.45, 7) is 2.20. The van der Waals surface area contributed by atoms with E-state index in [1.807, 2.05) is 12.1 Å². The molecular weight excluding hydrogens is 284 g/mol. The first kappa shape index (κ1) is 15.6. The van der Waals surface area contributed by atoms with Crippen LogP contribution in [0.5, 0.6) is 5.75 Å². The van der Waals surface area contributed by atoms with Crippen molar-refractivity contribution in [3.05, 3.63) is 64.7 Å². The topological polar surface area (TPSA) is 26.3 Å². The van der Waals surface area contributed by atoms with Gasteiger partial charge in [0.2, 0.25) is 0 Å². The summed E-state index contributed by atoms with van der Waals surface area (Å²) < 4.78 is 5.53. The second-order valence-electron chi connectivity index (χ2n) is 4.97. The second-order valence-corrected chi connectivity index (χ2v) is 5.41. The van der Waals surface area contributed by atoms with Gasteiger partial charge in [-0.05, 0) is 42.7 Å². The van der Waals surface area contributed by atoms with Crippen molar-refractivity contribution in [2.24, 2.45) is 0 Å². The van der Waals surface area contributed by atoms with E-state index in [1.54, 1.807) is 24.3 Å². The van der Waals surface area contributed by atoms with E-state index < -0.39 is 0 Å².